The smallest absolute Gasteiger partial charge is 0.274 e. The molecule has 0 atom stereocenters. The number of aromatic nitrogens is 3. The van der Waals surface area contributed by atoms with E-state index in [0.29, 0.717) is 10.6 Å². The van der Waals surface area contributed by atoms with Crippen molar-refractivity contribution in [1.29, 1.82) is 0 Å². The summed E-state index contributed by atoms with van der Waals surface area (Å²) in [6.45, 7) is 0. The highest BCUT2D eigenvalue weighted by Gasteiger charge is 2.37. The second-order valence-corrected chi connectivity index (χ2v) is 6.29. The normalized spacial score (nSPS) is 12.0. The predicted octanol–water partition coefficient (Wildman–Crippen LogP) is 4.46. The maximum Gasteiger partial charge on any atom is 0.434 e. The average molecular weight is 361 g/mol. The van der Waals surface area contributed by atoms with E-state index in [0.717, 1.165) is 11.3 Å². The number of nitrogens with one attached hydrogen (secondary N) is 1. The number of thiophene rings is 1. The molecule has 4 aromatic rings. The number of para-hydroxylation sites is 1. The first-order chi connectivity index (χ1) is 11.9. The summed E-state index contributed by atoms with van der Waals surface area (Å²) in [5.41, 5.74) is -1.12. The molecule has 4 rings (SSSR count). The molecule has 0 saturated carbocycles. The number of rotatable bonds is 2. The fourth-order valence-corrected chi connectivity index (χ4v) is 3.38. The molecule has 0 bridgehead atoms. The lowest BCUT2D eigenvalue weighted by atomic mass is 10.1. The Kier molecular flexibility index (Phi) is 3.50. The molecule has 0 fully saturated rings. The number of benzene rings is 1. The number of hydrogen-bond donors (Lipinski definition) is 1. The molecule has 8 heteroatoms. The molecule has 0 aliphatic carbocycles. The van der Waals surface area contributed by atoms with Crippen LogP contribution in [0.5, 0.6) is 0 Å². The largest absolute Gasteiger partial charge is 0.434 e. The Morgan fingerprint density at radius 3 is 2.48 bits per heavy atom. The molecule has 0 spiro atoms. The van der Waals surface area contributed by atoms with E-state index in [4.69, 9.17) is 0 Å². The molecular formula is C17H10F3N3OS. The molecule has 0 aliphatic heterocycles. The summed E-state index contributed by atoms with van der Waals surface area (Å²) >= 11 is 1.16. The molecule has 1 aromatic carbocycles. The van der Waals surface area contributed by atoms with Gasteiger partial charge in [-0.2, -0.15) is 13.2 Å². The predicted molar refractivity (Wildman–Crippen MR) is 90.0 cm³/mol. The highest BCUT2D eigenvalue weighted by molar-refractivity contribution is 7.13. The van der Waals surface area contributed by atoms with Crippen molar-refractivity contribution in [3.05, 3.63) is 70.0 Å². The van der Waals surface area contributed by atoms with Gasteiger partial charge in [0.1, 0.15) is 0 Å². The van der Waals surface area contributed by atoms with Gasteiger partial charge in [0.25, 0.3) is 5.56 Å². The minimum Gasteiger partial charge on any atom is -0.274 e. The van der Waals surface area contributed by atoms with Gasteiger partial charge in [0.15, 0.2) is 11.3 Å². The minimum absolute atomic E-state index is 0.0914. The third-order valence-electron chi connectivity index (χ3n) is 3.74. The molecule has 4 nitrogen and oxygen atoms in total. The van der Waals surface area contributed by atoms with Gasteiger partial charge in [0.05, 0.1) is 11.1 Å². The van der Waals surface area contributed by atoms with Crippen LogP contribution < -0.4 is 5.56 Å². The van der Waals surface area contributed by atoms with Gasteiger partial charge in [-0.25, -0.2) is 9.67 Å². The molecular weight excluding hydrogens is 351 g/mol. The summed E-state index contributed by atoms with van der Waals surface area (Å²) in [5, 5.41) is 4.45. The van der Waals surface area contributed by atoms with Crippen molar-refractivity contribution in [2.45, 2.75) is 6.18 Å². The molecule has 0 unspecified atom stereocenters. The second-order valence-electron chi connectivity index (χ2n) is 5.34. The molecule has 1 N–H and O–H groups in total. The van der Waals surface area contributed by atoms with E-state index in [1.807, 2.05) is 0 Å². The van der Waals surface area contributed by atoms with Crippen LogP contribution in [0.3, 0.4) is 0 Å². The zero-order valence-electron chi connectivity index (χ0n) is 12.5. The van der Waals surface area contributed by atoms with E-state index in [2.05, 4.69) is 10.1 Å². The molecule has 126 valence electrons. The molecule has 0 saturated heterocycles. The average Bonchev–Trinajstić information content (AvgIpc) is 3.22. The Bertz CT molecular complexity index is 1100. The summed E-state index contributed by atoms with van der Waals surface area (Å²) < 4.78 is 41.5. The SMILES string of the molecule is O=c1c2cc(-c3cccs3)c(C(F)(F)F)nc2[nH]n1-c1ccccc1. The van der Waals surface area contributed by atoms with Crippen LogP contribution in [0.25, 0.3) is 27.2 Å². The van der Waals surface area contributed by atoms with Crippen LogP contribution in [0.1, 0.15) is 5.69 Å². The number of hydrogen-bond acceptors (Lipinski definition) is 3. The van der Waals surface area contributed by atoms with Gasteiger partial charge in [0.2, 0.25) is 0 Å². The van der Waals surface area contributed by atoms with Crippen molar-refractivity contribution in [3.63, 3.8) is 0 Å². The first-order valence-electron chi connectivity index (χ1n) is 7.27. The quantitative estimate of drug-likeness (QED) is 0.573. The van der Waals surface area contributed by atoms with Crippen LogP contribution in [0.2, 0.25) is 0 Å². The standard InChI is InChI=1S/C17H10F3N3OS/c18-17(19,20)14-11(13-7-4-8-25-13)9-12-15(21-14)22-23(16(12)24)10-5-2-1-3-6-10/h1-9H,(H,21,22). The van der Waals surface area contributed by atoms with E-state index >= 15 is 0 Å². The zero-order valence-corrected chi connectivity index (χ0v) is 13.4. The highest BCUT2D eigenvalue weighted by atomic mass is 32.1. The van der Waals surface area contributed by atoms with Crippen LogP contribution in [0.15, 0.2) is 58.7 Å². The Morgan fingerprint density at radius 1 is 1.08 bits per heavy atom. The van der Waals surface area contributed by atoms with Crippen LogP contribution in [0, 0.1) is 0 Å². The van der Waals surface area contributed by atoms with Gasteiger partial charge in [-0.1, -0.05) is 24.3 Å². The highest BCUT2D eigenvalue weighted by Crippen LogP contribution is 2.38. The van der Waals surface area contributed by atoms with Gasteiger partial charge in [-0.05, 0) is 29.6 Å². The number of halogens is 3. The zero-order chi connectivity index (χ0) is 17.6. The summed E-state index contributed by atoms with van der Waals surface area (Å²) in [5.74, 6) is 0. The maximum atomic E-state index is 13.4. The van der Waals surface area contributed by atoms with Gasteiger partial charge < -0.3 is 0 Å². The number of fused-ring (bicyclic) bond motifs is 1. The van der Waals surface area contributed by atoms with Crippen molar-refractivity contribution in [2.24, 2.45) is 0 Å². The van der Waals surface area contributed by atoms with Crippen molar-refractivity contribution in [2.75, 3.05) is 0 Å². The van der Waals surface area contributed by atoms with Crippen LogP contribution in [-0.4, -0.2) is 14.8 Å². The molecule has 0 amide bonds. The summed E-state index contributed by atoms with van der Waals surface area (Å²) in [6.07, 6.45) is -4.63. The Labute approximate surface area is 143 Å². The van der Waals surface area contributed by atoms with Gasteiger partial charge in [-0.3, -0.25) is 9.89 Å². The Balaban J connectivity index is 2.03. The minimum atomic E-state index is -4.63. The van der Waals surface area contributed by atoms with Crippen molar-refractivity contribution >= 4 is 22.4 Å². The third kappa shape index (κ3) is 2.64. The van der Waals surface area contributed by atoms with Gasteiger partial charge >= 0.3 is 6.18 Å². The first-order valence-corrected chi connectivity index (χ1v) is 8.15. The fourth-order valence-electron chi connectivity index (χ4n) is 2.63. The molecule has 25 heavy (non-hydrogen) atoms. The molecule has 0 aliphatic rings. The second kappa shape index (κ2) is 5.59. The van der Waals surface area contributed by atoms with Crippen molar-refractivity contribution in [1.82, 2.24) is 14.8 Å². The number of pyridine rings is 1. The van der Waals surface area contributed by atoms with E-state index in [9.17, 15) is 18.0 Å². The van der Waals surface area contributed by atoms with Gasteiger partial charge in [-0.15, -0.1) is 11.3 Å². The summed E-state index contributed by atoms with van der Waals surface area (Å²) in [6, 6.07) is 13.1. The topological polar surface area (TPSA) is 50.7 Å². The third-order valence-corrected chi connectivity index (χ3v) is 4.65. The monoisotopic (exact) mass is 361 g/mol. The van der Waals surface area contributed by atoms with Crippen LogP contribution in [0.4, 0.5) is 13.2 Å². The lowest BCUT2D eigenvalue weighted by Crippen LogP contribution is -2.14. The molecule has 3 heterocycles. The van der Waals surface area contributed by atoms with E-state index in [-0.39, 0.29) is 16.6 Å². The van der Waals surface area contributed by atoms with Crippen LogP contribution in [-0.2, 0) is 6.18 Å². The lowest BCUT2D eigenvalue weighted by molar-refractivity contribution is -0.140. The first kappa shape index (κ1) is 15.6. The van der Waals surface area contributed by atoms with Crippen molar-refractivity contribution in [3.8, 4) is 16.1 Å². The molecule has 3 aromatic heterocycles. The van der Waals surface area contributed by atoms with E-state index in [1.54, 1.807) is 47.8 Å². The Hall–Kier alpha value is -2.87. The van der Waals surface area contributed by atoms with E-state index < -0.39 is 17.4 Å². The summed E-state index contributed by atoms with van der Waals surface area (Å²) in [7, 11) is 0. The fraction of sp³-hybridized carbons (Fsp3) is 0.0588. The molecule has 0 radical (unpaired) electrons. The number of nitrogens with zero attached hydrogens (tertiary/aromatic N) is 2. The van der Waals surface area contributed by atoms with Crippen LogP contribution >= 0.6 is 11.3 Å². The van der Waals surface area contributed by atoms with Gasteiger partial charge in [0, 0.05) is 10.4 Å². The maximum absolute atomic E-state index is 13.4. The number of H-pyrrole nitrogens is 1. The number of aromatic amines is 1. The summed E-state index contributed by atoms with van der Waals surface area (Å²) in [4.78, 5) is 16.8. The lowest BCUT2D eigenvalue weighted by Gasteiger charge is -2.10. The Morgan fingerprint density at radius 2 is 1.84 bits per heavy atom. The van der Waals surface area contributed by atoms with E-state index in [1.165, 1.54) is 10.7 Å². The van der Waals surface area contributed by atoms with Crippen molar-refractivity contribution < 1.29 is 13.2 Å². The number of alkyl halides is 3.